The minimum Gasteiger partial charge on any atom is -0.399 e. The van der Waals surface area contributed by atoms with E-state index in [0.29, 0.717) is 54.1 Å². The second-order valence-corrected chi connectivity index (χ2v) is 13.7. The molecule has 2 aromatic heterocycles. The van der Waals surface area contributed by atoms with Crippen molar-refractivity contribution < 1.29 is 69.7 Å². The van der Waals surface area contributed by atoms with Gasteiger partial charge < -0.3 is 11.2 Å². The normalized spacial score (nSPS) is 9.06. The van der Waals surface area contributed by atoms with Crippen molar-refractivity contribution in [1.29, 1.82) is 0 Å². The third-order valence-corrected chi connectivity index (χ3v) is 7.33. The average Bonchev–Trinajstić information content (AvgIpc) is 3.20. The number of nitrogen functional groups attached to an aromatic ring is 2. The van der Waals surface area contributed by atoms with Crippen molar-refractivity contribution >= 4 is 76.9 Å². The highest BCUT2D eigenvalue weighted by Gasteiger charge is 2.16. The summed E-state index contributed by atoms with van der Waals surface area (Å²) in [5.74, 6) is 5.25. The van der Waals surface area contributed by atoms with Gasteiger partial charge in [-0.2, -0.15) is 0 Å². The van der Waals surface area contributed by atoms with Gasteiger partial charge in [-0.1, -0.05) is 66.8 Å². The van der Waals surface area contributed by atoms with Crippen LogP contribution in [0.5, 0.6) is 0 Å². The number of benzene rings is 2. The largest absolute Gasteiger partial charge is 0.425 e. The third kappa shape index (κ3) is 31.0. The predicted octanol–water partition coefficient (Wildman–Crippen LogP) is 5.55. The first-order chi connectivity index (χ1) is 29.6. The molecule has 0 bridgehead atoms. The number of anilines is 2. The number of hydrogen-bond acceptors (Lipinski definition) is 21. The van der Waals surface area contributed by atoms with Gasteiger partial charge in [-0.05, 0) is 96.5 Å². The molecule has 0 amide bonds. The molecule has 4 rings (SSSR count). The van der Waals surface area contributed by atoms with Gasteiger partial charge in [-0.3, -0.25) is 25.0 Å². The molecule has 0 saturated heterocycles. The number of hydrogen-bond donors (Lipinski definition) is 3. The smallest absolute Gasteiger partial charge is 0.399 e. The van der Waals surface area contributed by atoms with Crippen LogP contribution in [0, 0.1) is 0 Å². The van der Waals surface area contributed by atoms with Crippen molar-refractivity contribution in [3.63, 3.8) is 0 Å². The molecule has 5 N–H and O–H groups in total. The average molecular weight is 988 g/mol. The molecule has 65 heavy (non-hydrogen) atoms. The third-order valence-electron chi connectivity index (χ3n) is 7.33. The molecule has 0 aliphatic heterocycles. The van der Waals surface area contributed by atoms with Crippen LogP contribution in [0.3, 0.4) is 0 Å². The Bertz CT molecular complexity index is 2400. The van der Waals surface area contributed by atoms with Crippen LogP contribution >= 0.6 is 0 Å². The Morgan fingerprint density at radius 1 is 0.431 bits per heavy atom. The van der Waals surface area contributed by atoms with Crippen molar-refractivity contribution in [3.8, 4) is 22.3 Å². The Morgan fingerprint density at radius 3 is 0.846 bits per heavy atom. The summed E-state index contributed by atoms with van der Waals surface area (Å²) in [7, 11) is -12.4. The zero-order valence-corrected chi connectivity index (χ0v) is 37.6. The molecule has 0 aliphatic carbocycles. The molecule has 0 saturated carbocycles. The summed E-state index contributed by atoms with van der Waals surface area (Å²) in [5, 5.41) is 0. The molecule has 2 heterocycles. The van der Waals surface area contributed by atoms with Crippen LogP contribution < -0.4 is 17.0 Å². The molecular weight excluding hydrogens is 935 g/mol. The Hall–Kier alpha value is -6.54. The number of ketones is 4. The molecule has 0 atom stereocenters. The standard InChI is InChI=1S/C19H23N3O2.C19H22N2O2.2CH4.4O3S/c1-3-5-18(23)16-11-14(12-17(21-16)19(24)6-4-2)13-7-9-15(22-20)10-8-13;1-3-5-18(22)16-11-14(13-7-9-15(20)10-8-13)12-17(21-16)19(23)6-4-2;;;4*1-4(2)3/h7-12,22H,3-6,20H2,1-2H3;7-12H,3-6,20H2,1-2H3;2*1H4;;;;. The van der Waals surface area contributed by atoms with E-state index in [9.17, 15) is 19.2 Å². The van der Waals surface area contributed by atoms with Crippen molar-refractivity contribution in [1.82, 2.24) is 9.97 Å². The zero-order valence-electron chi connectivity index (χ0n) is 34.3. The summed E-state index contributed by atoms with van der Waals surface area (Å²) in [6.45, 7) is 7.79. The van der Waals surface area contributed by atoms with Crippen molar-refractivity contribution in [2.75, 3.05) is 11.2 Å². The van der Waals surface area contributed by atoms with E-state index in [1.54, 1.807) is 36.4 Å². The monoisotopic (exact) mass is 987 g/mol. The van der Waals surface area contributed by atoms with Crippen molar-refractivity contribution in [3.05, 3.63) is 95.6 Å². The molecule has 0 unspecified atom stereocenters. The molecule has 21 nitrogen and oxygen atoms in total. The minimum atomic E-state index is -3.11. The van der Waals surface area contributed by atoms with Gasteiger partial charge >= 0.3 is 42.4 Å². The molecule has 0 fully saturated rings. The van der Waals surface area contributed by atoms with E-state index in [0.717, 1.165) is 53.6 Å². The number of pyridine rings is 2. The van der Waals surface area contributed by atoms with Crippen LogP contribution in [0.1, 0.15) is 136 Å². The Kier molecular flexibility index (Phi) is 36.9. The van der Waals surface area contributed by atoms with Gasteiger partial charge in [0.2, 0.25) is 0 Å². The maximum atomic E-state index is 12.3. The van der Waals surface area contributed by atoms with E-state index >= 15 is 0 Å². The molecule has 0 spiro atoms. The van der Waals surface area contributed by atoms with E-state index in [2.05, 4.69) is 15.4 Å². The number of nitrogens with zero attached hydrogens (tertiary/aromatic N) is 2. The summed E-state index contributed by atoms with van der Waals surface area (Å²) in [6.07, 6.45) is 4.72. The van der Waals surface area contributed by atoms with Crippen LogP contribution in [0.25, 0.3) is 22.3 Å². The highest BCUT2D eigenvalue weighted by Crippen LogP contribution is 2.25. The SMILES string of the molecule is C.C.CCCC(=O)c1cc(-c2ccc(N)cc2)cc(C(=O)CCC)n1.CCCC(=O)c1cc(-c2ccc(NN)cc2)cc(C(=O)CCC)n1.O=S(=O)=O.O=S(=O)=O.O=S(=O)=O.O=S(=O)=O. The maximum absolute atomic E-state index is 12.3. The van der Waals surface area contributed by atoms with E-state index in [1.165, 1.54) is 0 Å². The van der Waals surface area contributed by atoms with Gasteiger partial charge in [0.1, 0.15) is 22.8 Å². The van der Waals surface area contributed by atoms with Crippen LogP contribution in [-0.4, -0.2) is 83.6 Å². The van der Waals surface area contributed by atoms with Crippen LogP contribution in [0.2, 0.25) is 0 Å². The molecule has 0 radical (unpaired) electrons. The number of nitrogens with one attached hydrogen (secondary N) is 1. The molecule has 358 valence electrons. The first-order valence-electron chi connectivity index (χ1n) is 18.2. The summed E-state index contributed by atoms with van der Waals surface area (Å²) < 4.78 is 101. The Labute approximate surface area is 383 Å². The van der Waals surface area contributed by atoms with E-state index < -0.39 is 42.4 Å². The minimum absolute atomic E-state index is 0. The van der Waals surface area contributed by atoms with Gasteiger partial charge in [-0.15, -0.1) is 50.5 Å². The van der Waals surface area contributed by atoms with Crippen molar-refractivity contribution in [2.24, 2.45) is 5.84 Å². The van der Waals surface area contributed by atoms with E-state index in [1.807, 2.05) is 64.1 Å². The lowest BCUT2D eigenvalue weighted by atomic mass is 10.0. The molecule has 25 heteroatoms. The zero-order chi connectivity index (χ0) is 48.7. The van der Waals surface area contributed by atoms with Gasteiger partial charge in [0.05, 0.1) is 0 Å². The first-order valence-corrected chi connectivity index (χ1v) is 22.2. The Morgan fingerprint density at radius 2 is 0.646 bits per heavy atom. The summed E-state index contributed by atoms with van der Waals surface area (Å²) in [5.41, 5.74) is 14.7. The number of carbonyl (C=O) groups is 4. The number of carbonyl (C=O) groups excluding carboxylic acids is 4. The number of Topliss-reactive ketones (excluding diaryl/α,β-unsaturated/α-hetero) is 4. The van der Waals surface area contributed by atoms with Crippen LogP contribution in [-0.2, 0) is 42.4 Å². The van der Waals surface area contributed by atoms with Crippen LogP contribution in [0.15, 0.2) is 72.8 Å². The van der Waals surface area contributed by atoms with Crippen LogP contribution in [0.4, 0.5) is 11.4 Å². The second-order valence-electron chi connectivity index (χ2n) is 12.1. The van der Waals surface area contributed by atoms with E-state index in [4.69, 9.17) is 62.1 Å². The van der Waals surface area contributed by atoms with E-state index in [-0.39, 0.29) is 38.0 Å². The van der Waals surface area contributed by atoms with Gasteiger partial charge in [-0.25, -0.2) is 9.97 Å². The summed E-state index contributed by atoms with van der Waals surface area (Å²) in [6, 6.07) is 21.9. The fourth-order valence-corrected chi connectivity index (χ4v) is 4.82. The molecule has 4 aromatic rings. The number of rotatable bonds is 15. The van der Waals surface area contributed by atoms with Gasteiger partial charge in [0.15, 0.2) is 23.1 Å². The molecule has 2 aromatic carbocycles. The number of aromatic nitrogens is 2. The predicted molar refractivity (Wildman–Crippen MR) is 241 cm³/mol. The molecular formula is C40H53N5O16S4. The lowest BCUT2D eigenvalue weighted by molar-refractivity contribution is 0.0957. The lowest BCUT2D eigenvalue weighted by Gasteiger charge is -2.09. The fourth-order valence-electron chi connectivity index (χ4n) is 4.82. The maximum Gasteiger partial charge on any atom is 0.425 e. The quantitative estimate of drug-likeness (QED) is 0.0568. The summed E-state index contributed by atoms with van der Waals surface area (Å²) >= 11 is 0. The van der Waals surface area contributed by atoms with Gasteiger partial charge in [0, 0.05) is 37.1 Å². The molecule has 0 aliphatic rings. The number of hydrazine groups is 1. The second kappa shape index (κ2) is 36.9. The number of nitrogens with two attached hydrogens (primary N) is 2. The lowest BCUT2D eigenvalue weighted by Crippen LogP contribution is -2.09. The summed E-state index contributed by atoms with van der Waals surface area (Å²) in [4.78, 5) is 57.6. The first kappa shape index (κ1) is 65.1. The van der Waals surface area contributed by atoms with Crippen molar-refractivity contribution in [2.45, 2.75) is 93.9 Å². The fraction of sp³-hybridized carbons (Fsp3) is 0.350. The highest BCUT2D eigenvalue weighted by atomic mass is 32.2. The highest BCUT2D eigenvalue weighted by molar-refractivity contribution is 7.59. The Balaban J connectivity index is -0.000000420. The van der Waals surface area contributed by atoms with Gasteiger partial charge in [0.25, 0.3) is 0 Å². The topological polar surface area (TPSA) is 363 Å².